The molecule has 4 nitrogen and oxygen atoms in total. The minimum Gasteiger partial charge on any atom is -0.493 e. The lowest BCUT2D eigenvalue weighted by atomic mass is 9.98. The van der Waals surface area contributed by atoms with E-state index in [2.05, 4.69) is 0 Å². The molecule has 0 bridgehead atoms. The lowest BCUT2D eigenvalue weighted by Crippen LogP contribution is -2.01. The van der Waals surface area contributed by atoms with Gasteiger partial charge in [-0.2, -0.15) is 0 Å². The molecule has 0 heterocycles. The smallest absolute Gasteiger partial charge is 0.338 e. The van der Waals surface area contributed by atoms with Gasteiger partial charge in [0.2, 0.25) is 0 Å². The van der Waals surface area contributed by atoms with E-state index in [0.29, 0.717) is 17.1 Å². The second-order valence-electron chi connectivity index (χ2n) is 4.89. The fourth-order valence-electron chi connectivity index (χ4n) is 2.71. The molecule has 0 aliphatic carbocycles. The molecule has 0 aliphatic heterocycles. The second kappa shape index (κ2) is 5.56. The fraction of sp³-hybridized carbons (Fsp3) is 0.167. The van der Waals surface area contributed by atoms with Gasteiger partial charge in [-0.05, 0) is 39.7 Å². The topological polar surface area (TPSA) is 44.8 Å². The van der Waals surface area contributed by atoms with Crippen LogP contribution in [0.3, 0.4) is 0 Å². The highest BCUT2D eigenvalue weighted by Crippen LogP contribution is 2.36. The van der Waals surface area contributed by atoms with E-state index in [0.717, 1.165) is 21.5 Å². The first kappa shape index (κ1) is 14.2. The molecule has 0 radical (unpaired) electrons. The molecular formula is C18H16O4. The number of rotatable bonds is 3. The molecule has 3 rings (SSSR count). The number of carbonyl (C=O) groups excluding carboxylic acids is 1. The van der Waals surface area contributed by atoms with Gasteiger partial charge < -0.3 is 14.2 Å². The molecule has 112 valence electrons. The zero-order valence-corrected chi connectivity index (χ0v) is 12.7. The predicted octanol–water partition coefficient (Wildman–Crippen LogP) is 3.80. The number of fused-ring (bicyclic) bond motifs is 3. The van der Waals surface area contributed by atoms with Crippen molar-refractivity contribution in [1.29, 1.82) is 0 Å². The van der Waals surface area contributed by atoms with E-state index in [4.69, 9.17) is 14.2 Å². The summed E-state index contributed by atoms with van der Waals surface area (Å²) in [6.45, 7) is 0. The van der Waals surface area contributed by atoms with Crippen LogP contribution in [-0.4, -0.2) is 27.3 Å². The average molecular weight is 296 g/mol. The van der Waals surface area contributed by atoms with Gasteiger partial charge in [-0.25, -0.2) is 4.79 Å². The van der Waals surface area contributed by atoms with Gasteiger partial charge in [0.25, 0.3) is 0 Å². The molecule has 4 heteroatoms. The molecule has 0 spiro atoms. The third-order valence-corrected chi connectivity index (χ3v) is 3.79. The van der Waals surface area contributed by atoms with Crippen molar-refractivity contribution in [1.82, 2.24) is 0 Å². The van der Waals surface area contributed by atoms with E-state index in [-0.39, 0.29) is 5.97 Å². The van der Waals surface area contributed by atoms with Crippen molar-refractivity contribution in [3.63, 3.8) is 0 Å². The van der Waals surface area contributed by atoms with Crippen molar-refractivity contribution in [3.05, 3.63) is 48.0 Å². The van der Waals surface area contributed by atoms with E-state index >= 15 is 0 Å². The molecule has 0 atom stereocenters. The second-order valence-corrected chi connectivity index (χ2v) is 4.89. The van der Waals surface area contributed by atoms with Crippen molar-refractivity contribution in [2.24, 2.45) is 0 Å². The first-order valence-electron chi connectivity index (χ1n) is 6.85. The largest absolute Gasteiger partial charge is 0.493 e. The lowest BCUT2D eigenvalue weighted by molar-refractivity contribution is 0.0603. The van der Waals surface area contributed by atoms with Crippen LogP contribution in [0.15, 0.2) is 42.5 Å². The zero-order chi connectivity index (χ0) is 15.7. The van der Waals surface area contributed by atoms with E-state index in [1.54, 1.807) is 20.3 Å². The van der Waals surface area contributed by atoms with Gasteiger partial charge in [-0.15, -0.1) is 0 Å². The van der Waals surface area contributed by atoms with Gasteiger partial charge >= 0.3 is 5.97 Å². The summed E-state index contributed by atoms with van der Waals surface area (Å²) in [5, 5.41) is 3.85. The van der Waals surface area contributed by atoms with E-state index in [1.165, 1.54) is 7.11 Å². The summed E-state index contributed by atoms with van der Waals surface area (Å²) in [5.74, 6) is 0.995. The van der Waals surface area contributed by atoms with Gasteiger partial charge in [0, 0.05) is 0 Å². The van der Waals surface area contributed by atoms with Crippen LogP contribution < -0.4 is 9.47 Å². The molecule has 0 aliphatic rings. The van der Waals surface area contributed by atoms with Crippen molar-refractivity contribution in [3.8, 4) is 11.5 Å². The Kier molecular flexibility index (Phi) is 3.59. The van der Waals surface area contributed by atoms with Crippen LogP contribution in [0.1, 0.15) is 10.4 Å². The van der Waals surface area contributed by atoms with Crippen molar-refractivity contribution in [2.45, 2.75) is 0 Å². The van der Waals surface area contributed by atoms with Crippen LogP contribution in [0.2, 0.25) is 0 Å². The number of benzene rings is 3. The summed E-state index contributed by atoms with van der Waals surface area (Å²) in [6.07, 6.45) is 0. The number of methoxy groups -OCH3 is 3. The van der Waals surface area contributed by atoms with Gasteiger partial charge in [-0.1, -0.05) is 24.3 Å². The molecule has 0 saturated carbocycles. The summed E-state index contributed by atoms with van der Waals surface area (Å²) in [6, 6.07) is 13.3. The Bertz CT molecular complexity index is 868. The SMILES string of the molecule is COC(=O)c1cccc2c1ccc1cc(OC)c(OC)cc12. The third-order valence-electron chi connectivity index (χ3n) is 3.79. The fourth-order valence-corrected chi connectivity index (χ4v) is 2.71. The van der Waals surface area contributed by atoms with Gasteiger partial charge in [0.05, 0.1) is 26.9 Å². The number of esters is 1. The molecule has 0 unspecified atom stereocenters. The number of carbonyl (C=O) groups is 1. The first-order valence-corrected chi connectivity index (χ1v) is 6.85. The van der Waals surface area contributed by atoms with Crippen LogP contribution in [-0.2, 0) is 4.74 Å². The highest BCUT2D eigenvalue weighted by molar-refractivity contribution is 6.14. The van der Waals surface area contributed by atoms with E-state index < -0.39 is 0 Å². The highest BCUT2D eigenvalue weighted by atomic mass is 16.5. The molecule has 0 aromatic heterocycles. The lowest BCUT2D eigenvalue weighted by Gasteiger charge is -2.12. The van der Waals surface area contributed by atoms with Crippen LogP contribution in [0, 0.1) is 0 Å². The van der Waals surface area contributed by atoms with Gasteiger partial charge in [0.1, 0.15) is 0 Å². The van der Waals surface area contributed by atoms with Gasteiger partial charge in [-0.3, -0.25) is 0 Å². The van der Waals surface area contributed by atoms with Crippen molar-refractivity contribution >= 4 is 27.5 Å². The van der Waals surface area contributed by atoms with Gasteiger partial charge in [0.15, 0.2) is 11.5 Å². The number of hydrogen-bond acceptors (Lipinski definition) is 4. The number of hydrogen-bond donors (Lipinski definition) is 0. The van der Waals surface area contributed by atoms with Crippen LogP contribution in [0.4, 0.5) is 0 Å². The maximum Gasteiger partial charge on any atom is 0.338 e. The molecular weight excluding hydrogens is 280 g/mol. The van der Waals surface area contributed by atoms with Crippen molar-refractivity contribution < 1.29 is 19.0 Å². The number of ether oxygens (including phenoxy) is 3. The van der Waals surface area contributed by atoms with Crippen LogP contribution in [0.25, 0.3) is 21.5 Å². The Hall–Kier alpha value is -2.75. The van der Waals surface area contributed by atoms with Crippen LogP contribution >= 0.6 is 0 Å². The minimum atomic E-state index is -0.342. The predicted molar refractivity (Wildman–Crippen MR) is 85.9 cm³/mol. The molecule has 0 amide bonds. The zero-order valence-electron chi connectivity index (χ0n) is 12.7. The maximum atomic E-state index is 11.9. The normalized spacial score (nSPS) is 10.7. The summed E-state index contributed by atoms with van der Waals surface area (Å²) in [5.41, 5.74) is 0.552. The Balaban J connectivity index is 2.38. The minimum absolute atomic E-state index is 0.342. The van der Waals surface area contributed by atoms with Crippen molar-refractivity contribution in [2.75, 3.05) is 21.3 Å². The monoisotopic (exact) mass is 296 g/mol. The Morgan fingerprint density at radius 1 is 0.818 bits per heavy atom. The average Bonchev–Trinajstić information content (AvgIpc) is 2.58. The molecule has 3 aromatic carbocycles. The Morgan fingerprint density at radius 3 is 2.23 bits per heavy atom. The summed E-state index contributed by atoms with van der Waals surface area (Å²) >= 11 is 0. The Morgan fingerprint density at radius 2 is 1.55 bits per heavy atom. The third kappa shape index (κ3) is 2.13. The molecule has 0 saturated heterocycles. The molecule has 0 N–H and O–H groups in total. The maximum absolute atomic E-state index is 11.9. The van der Waals surface area contributed by atoms with Crippen LogP contribution in [0.5, 0.6) is 11.5 Å². The molecule has 0 fully saturated rings. The Labute approximate surface area is 128 Å². The quantitative estimate of drug-likeness (QED) is 0.545. The highest BCUT2D eigenvalue weighted by Gasteiger charge is 2.13. The molecule has 3 aromatic rings. The summed E-state index contributed by atoms with van der Waals surface area (Å²) in [7, 11) is 4.60. The summed E-state index contributed by atoms with van der Waals surface area (Å²) in [4.78, 5) is 11.9. The van der Waals surface area contributed by atoms with E-state index in [9.17, 15) is 4.79 Å². The molecule has 22 heavy (non-hydrogen) atoms. The first-order chi connectivity index (χ1) is 10.7. The van der Waals surface area contributed by atoms with E-state index in [1.807, 2.05) is 36.4 Å². The standard InChI is InChI=1S/C18H16O4/c1-20-16-9-11-7-8-13-12(15(11)10-17(16)21-2)5-4-6-14(13)18(19)22-3/h4-10H,1-3H3. The summed E-state index contributed by atoms with van der Waals surface area (Å²) < 4.78 is 15.6.